The molecule has 2 aromatic carbocycles. The zero-order valence-electron chi connectivity index (χ0n) is 15.4. The van der Waals surface area contributed by atoms with Gasteiger partial charge in [0.15, 0.2) is 11.5 Å². The average molecular weight is 370 g/mol. The zero-order valence-corrected chi connectivity index (χ0v) is 15.4. The van der Waals surface area contributed by atoms with Gasteiger partial charge in [-0.05, 0) is 25.3 Å². The molecule has 0 saturated heterocycles. The highest BCUT2D eigenvalue weighted by atomic mass is 16.6. The first-order valence-electron chi connectivity index (χ1n) is 8.83. The molecule has 0 heterocycles. The van der Waals surface area contributed by atoms with E-state index >= 15 is 0 Å². The molecule has 7 heteroatoms. The standard InChI is InChI=1S/C20H22N2O5/c1-3-27-18-11-15(16(22(24)25)12-17(18)26-2)19(23)21-13-20(9-10-20)14-7-5-4-6-8-14/h4-8,11-12H,3,9-10,13H2,1-2H3,(H,21,23). The number of carbonyl (C=O) groups is 1. The van der Waals surface area contributed by atoms with Crippen molar-refractivity contribution in [1.82, 2.24) is 5.32 Å². The van der Waals surface area contributed by atoms with Crippen molar-refractivity contribution in [3.63, 3.8) is 0 Å². The Morgan fingerprint density at radius 1 is 1.22 bits per heavy atom. The van der Waals surface area contributed by atoms with Gasteiger partial charge in [-0.3, -0.25) is 14.9 Å². The molecule has 0 atom stereocenters. The Morgan fingerprint density at radius 2 is 1.93 bits per heavy atom. The molecule has 0 bridgehead atoms. The normalized spacial score (nSPS) is 14.3. The van der Waals surface area contributed by atoms with Crippen LogP contribution in [0.4, 0.5) is 5.69 Å². The summed E-state index contributed by atoms with van der Waals surface area (Å²) in [5.41, 5.74) is 0.746. The first-order chi connectivity index (χ1) is 13.0. The second kappa shape index (κ2) is 7.65. The second-order valence-corrected chi connectivity index (χ2v) is 6.54. The van der Waals surface area contributed by atoms with Crippen LogP contribution in [0.3, 0.4) is 0 Å². The molecule has 0 aliphatic heterocycles. The summed E-state index contributed by atoms with van der Waals surface area (Å²) < 4.78 is 10.6. The highest BCUT2D eigenvalue weighted by Crippen LogP contribution is 2.47. The first-order valence-corrected chi connectivity index (χ1v) is 8.83. The van der Waals surface area contributed by atoms with E-state index in [1.807, 2.05) is 30.3 Å². The van der Waals surface area contributed by atoms with Gasteiger partial charge >= 0.3 is 0 Å². The van der Waals surface area contributed by atoms with Crippen molar-refractivity contribution >= 4 is 11.6 Å². The molecule has 1 aliphatic rings. The van der Waals surface area contributed by atoms with Crippen molar-refractivity contribution in [2.24, 2.45) is 0 Å². The lowest BCUT2D eigenvalue weighted by molar-refractivity contribution is -0.385. The SMILES string of the molecule is CCOc1cc(C(=O)NCC2(c3ccccc3)CC2)c([N+](=O)[O-])cc1OC. The molecule has 2 aromatic rings. The average Bonchev–Trinajstić information content (AvgIpc) is 3.48. The maximum absolute atomic E-state index is 12.7. The monoisotopic (exact) mass is 370 g/mol. The summed E-state index contributed by atoms with van der Waals surface area (Å²) in [4.78, 5) is 23.6. The van der Waals surface area contributed by atoms with E-state index in [2.05, 4.69) is 5.32 Å². The molecule has 0 aromatic heterocycles. The summed E-state index contributed by atoms with van der Waals surface area (Å²) in [6.07, 6.45) is 1.96. The van der Waals surface area contributed by atoms with Gasteiger partial charge in [0, 0.05) is 18.0 Å². The number of hydrogen-bond acceptors (Lipinski definition) is 5. The van der Waals surface area contributed by atoms with Gasteiger partial charge in [-0.1, -0.05) is 30.3 Å². The minimum atomic E-state index is -0.586. The van der Waals surface area contributed by atoms with Crippen LogP contribution in [0.25, 0.3) is 0 Å². The number of methoxy groups -OCH3 is 1. The molecule has 0 spiro atoms. The van der Waals surface area contributed by atoms with Crippen molar-refractivity contribution in [2.75, 3.05) is 20.3 Å². The van der Waals surface area contributed by atoms with E-state index in [-0.39, 0.29) is 22.4 Å². The van der Waals surface area contributed by atoms with Crippen LogP contribution in [0.15, 0.2) is 42.5 Å². The molecule has 7 nitrogen and oxygen atoms in total. The summed E-state index contributed by atoms with van der Waals surface area (Å²) in [6, 6.07) is 12.6. The van der Waals surface area contributed by atoms with Crippen LogP contribution in [0.2, 0.25) is 0 Å². The van der Waals surface area contributed by atoms with E-state index in [4.69, 9.17) is 9.47 Å². The number of nitrogens with zero attached hydrogens (tertiary/aromatic N) is 1. The Morgan fingerprint density at radius 3 is 2.48 bits per heavy atom. The number of rotatable bonds is 8. The lowest BCUT2D eigenvalue weighted by atomic mass is 9.96. The van der Waals surface area contributed by atoms with Crippen LogP contribution in [0, 0.1) is 10.1 Å². The lowest BCUT2D eigenvalue weighted by Crippen LogP contribution is -2.32. The molecule has 1 aliphatic carbocycles. The molecule has 1 N–H and O–H groups in total. The van der Waals surface area contributed by atoms with E-state index < -0.39 is 10.8 Å². The van der Waals surface area contributed by atoms with Crippen molar-refractivity contribution in [2.45, 2.75) is 25.2 Å². The van der Waals surface area contributed by atoms with Gasteiger partial charge in [-0.15, -0.1) is 0 Å². The Labute approximate surface area is 157 Å². The molecule has 27 heavy (non-hydrogen) atoms. The third-order valence-electron chi connectivity index (χ3n) is 4.85. The van der Waals surface area contributed by atoms with Crippen molar-refractivity contribution in [1.29, 1.82) is 0 Å². The molecule has 1 amide bonds. The predicted octanol–water partition coefficient (Wildman–Crippen LogP) is 3.46. The third-order valence-corrected chi connectivity index (χ3v) is 4.85. The summed E-state index contributed by atoms with van der Waals surface area (Å²) in [5.74, 6) is 0.0375. The van der Waals surface area contributed by atoms with Gasteiger partial charge in [0.05, 0.1) is 24.7 Å². The third kappa shape index (κ3) is 3.86. The molecule has 0 radical (unpaired) electrons. The van der Waals surface area contributed by atoms with Crippen molar-refractivity contribution in [3.8, 4) is 11.5 Å². The number of nitro groups is 1. The topological polar surface area (TPSA) is 90.7 Å². The van der Waals surface area contributed by atoms with Gasteiger partial charge in [0.25, 0.3) is 11.6 Å². The van der Waals surface area contributed by atoms with Crippen LogP contribution in [0.1, 0.15) is 35.7 Å². The number of amides is 1. The van der Waals surface area contributed by atoms with Gasteiger partial charge in [-0.2, -0.15) is 0 Å². The van der Waals surface area contributed by atoms with Crippen LogP contribution in [-0.4, -0.2) is 31.1 Å². The van der Waals surface area contributed by atoms with Crippen LogP contribution < -0.4 is 14.8 Å². The van der Waals surface area contributed by atoms with Gasteiger partial charge in [-0.25, -0.2) is 0 Å². The van der Waals surface area contributed by atoms with E-state index in [0.717, 1.165) is 12.8 Å². The number of benzene rings is 2. The van der Waals surface area contributed by atoms with E-state index in [9.17, 15) is 14.9 Å². The highest BCUT2D eigenvalue weighted by molar-refractivity contribution is 5.99. The smallest absolute Gasteiger partial charge is 0.286 e. The van der Waals surface area contributed by atoms with Gasteiger partial charge < -0.3 is 14.8 Å². The number of nitro benzene ring substituents is 1. The Hall–Kier alpha value is -3.09. The maximum Gasteiger partial charge on any atom is 0.286 e. The van der Waals surface area contributed by atoms with E-state index in [1.54, 1.807) is 6.92 Å². The van der Waals surface area contributed by atoms with Gasteiger partial charge in [0.1, 0.15) is 5.56 Å². The predicted molar refractivity (Wildman–Crippen MR) is 101 cm³/mol. The quantitative estimate of drug-likeness (QED) is 0.568. The minimum Gasteiger partial charge on any atom is -0.493 e. The largest absolute Gasteiger partial charge is 0.493 e. The molecule has 142 valence electrons. The summed E-state index contributed by atoms with van der Waals surface area (Å²) in [5, 5.41) is 14.3. The lowest BCUT2D eigenvalue weighted by Gasteiger charge is -2.17. The highest BCUT2D eigenvalue weighted by Gasteiger charge is 2.44. The molecular weight excluding hydrogens is 348 g/mol. The van der Waals surface area contributed by atoms with E-state index in [1.165, 1.54) is 24.8 Å². The number of ether oxygens (including phenoxy) is 2. The maximum atomic E-state index is 12.7. The van der Waals surface area contributed by atoms with E-state index in [0.29, 0.717) is 18.9 Å². The molecule has 1 saturated carbocycles. The minimum absolute atomic E-state index is 0.0342. The zero-order chi connectivity index (χ0) is 19.4. The Kier molecular flexibility index (Phi) is 5.30. The summed E-state index contributed by atoms with van der Waals surface area (Å²) in [6.45, 7) is 2.58. The summed E-state index contributed by atoms with van der Waals surface area (Å²) >= 11 is 0. The molecule has 1 fully saturated rings. The van der Waals surface area contributed by atoms with Crippen LogP contribution >= 0.6 is 0 Å². The fraction of sp³-hybridized carbons (Fsp3) is 0.350. The van der Waals surface area contributed by atoms with Crippen molar-refractivity contribution in [3.05, 3.63) is 63.7 Å². The first kappa shape index (κ1) is 18.7. The fourth-order valence-electron chi connectivity index (χ4n) is 3.16. The van der Waals surface area contributed by atoms with Crippen LogP contribution in [0.5, 0.6) is 11.5 Å². The second-order valence-electron chi connectivity index (χ2n) is 6.54. The number of hydrogen-bond donors (Lipinski definition) is 1. The number of nitrogens with one attached hydrogen (secondary N) is 1. The Bertz CT molecular complexity index is 847. The number of carbonyl (C=O) groups excluding carboxylic acids is 1. The fourth-order valence-corrected chi connectivity index (χ4v) is 3.16. The van der Waals surface area contributed by atoms with Crippen molar-refractivity contribution < 1.29 is 19.2 Å². The van der Waals surface area contributed by atoms with Crippen LogP contribution in [-0.2, 0) is 5.41 Å². The van der Waals surface area contributed by atoms with Gasteiger partial charge in [0.2, 0.25) is 0 Å². The molecular formula is C20H22N2O5. The Balaban J connectivity index is 1.83. The summed E-state index contributed by atoms with van der Waals surface area (Å²) in [7, 11) is 1.40. The molecule has 3 rings (SSSR count). The molecule has 0 unspecified atom stereocenters.